The Hall–Kier alpha value is -2.95. The molecule has 2 aliphatic carbocycles. The Morgan fingerprint density at radius 1 is 1.03 bits per heavy atom. The van der Waals surface area contributed by atoms with E-state index >= 15 is 0 Å². The number of amides is 1. The highest BCUT2D eigenvalue weighted by molar-refractivity contribution is 5.90. The van der Waals surface area contributed by atoms with Crippen LogP contribution in [-0.2, 0) is 4.79 Å². The lowest BCUT2D eigenvalue weighted by molar-refractivity contribution is -0.121. The predicted octanol–water partition coefficient (Wildman–Crippen LogP) is 4.74. The third-order valence-corrected chi connectivity index (χ3v) is 6.06. The van der Waals surface area contributed by atoms with Crippen molar-refractivity contribution in [3.05, 3.63) is 66.0 Å². The topological polar surface area (TPSA) is 58.1 Å². The maximum Gasteiger partial charge on any atom is 0.222 e. The lowest BCUT2D eigenvalue weighted by Gasteiger charge is -2.25. The SMILES string of the molecule is C[C@H](NC(=O)CCN(c1nc(C2CC2)nc2ccccc12)C1CC1)c1ccccc1. The highest BCUT2D eigenvalue weighted by Crippen LogP contribution is 2.41. The molecule has 30 heavy (non-hydrogen) atoms. The van der Waals surface area contributed by atoms with Crippen LogP contribution in [0.2, 0.25) is 0 Å². The molecule has 1 aromatic heterocycles. The van der Waals surface area contributed by atoms with Gasteiger partial charge >= 0.3 is 0 Å². The van der Waals surface area contributed by atoms with E-state index in [9.17, 15) is 4.79 Å². The fourth-order valence-electron chi connectivity index (χ4n) is 4.03. The number of carbonyl (C=O) groups excluding carboxylic acids is 1. The molecule has 0 bridgehead atoms. The predicted molar refractivity (Wildman–Crippen MR) is 119 cm³/mol. The average molecular weight is 401 g/mol. The zero-order valence-electron chi connectivity index (χ0n) is 17.4. The van der Waals surface area contributed by atoms with Gasteiger partial charge in [0, 0.05) is 30.3 Å². The van der Waals surface area contributed by atoms with Gasteiger partial charge in [0.05, 0.1) is 11.6 Å². The van der Waals surface area contributed by atoms with Crippen molar-refractivity contribution >= 4 is 22.6 Å². The van der Waals surface area contributed by atoms with Crippen LogP contribution in [0.25, 0.3) is 10.9 Å². The van der Waals surface area contributed by atoms with Crippen LogP contribution in [0.5, 0.6) is 0 Å². The van der Waals surface area contributed by atoms with Crippen molar-refractivity contribution in [2.75, 3.05) is 11.4 Å². The molecule has 154 valence electrons. The van der Waals surface area contributed by atoms with Crippen LogP contribution >= 0.6 is 0 Å². The van der Waals surface area contributed by atoms with Crippen LogP contribution < -0.4 is 10.2 Å². The van der Waals surface area contributed by atoms with Crippen molar-refractivity contribution in [3.8, 4) is 0 Å². The van der Waals surface area contributed by atoms with E-state index in [1.165, 1.54) is 25.7 Å². The van der Waals surface area contributed by atoms with Crippen LogP contribution in [0, 0.1) is 0 Å². The Bertz CT molecular complexity index is 1040. The van der Waals surface area contributed by atoms with Crippen molar-refractivity contribution in [2.24, 2.45) is 0 Å². The number of nitrogens with zero attached hydrogens (tertiary/aromatic N) is 3. The Labute approximate surface area is 177 Å². The number of nitrogens with one attached hydrogen (secondary N) is 1. The number of hydrogen-bond acceptors (Lipinski definition) is 4. The van der Waals surface area contributed by atoms with Crippen LogP contribution in [0.3, 0.4) is 0 Å². The monoisotopic (exact) mass is 400 g/mol. The summed E-state index contributed by atoms with van der Waals surface area (Å²) >= 11 is 0. The van der Waals surface area contributed by atoms with Gasteiger partial charge in [-0.3, -0.25) is 4.79 Å². The minimum atomic E-state index is 0.00873. The van der Waals surface area contributed by atoms with Crippen molar-refractivity contribution < 1.29 is 4.79 Å². The molecule has 5 nitrogen and oxygen atoms in total. The largest absolute Gasteiger partial charge is 0.352 e. The molecular weight excluding hydrogens is 372 g/mol. The Balaban J connectivity index is 1.33. The molecule has 1 N–H and O–H groups in total. The summed E-state index contributed by atoms with van der Waals surface area (Å²) in [7, 11) is 0. The number of rotatable bonds is 8. The van der Waals surface area contributed by atoms with Crippen molar-refractivity contribution in [1.82, 2.24) is 15.3 Å². The molecule has 3 aromatic rings. The summed E-state index contributed by atoms with van der Waals surface area (Å²) < 4.78 is 0. The Morgan fingerprint density at radius 3 is 2.50 bits per heavy atom. The molecule has 0 saturated heterocycles. The van der Waals surface area contributed by atoms with E-state index in [2.05, 4.69) is 22.3 Å². The summed E-state index contributed by atoms with van der Waals surface area (Å²) in [4.78, 5) is 24.8. The highest BCUT2D eigenvalue weighted by atomic mass is 16.1. The molecule has 1 heterocycles. The number of aromatic nitrogens is 2. The smallest absolute Gasteiger partial charge is 0.222 e. The van der Waals surface area contributed by atoms with Crippen LogP contribution in [0.1, 0.15) is 62.4 Å². The molecule has 0 spiro atoms. The normalized spacial score (nSPS) is 17.0. The van der Waals surface area contributed by atoms with E-state index in [0.29, 0.717) is 24.9 Å². The van der Waals surface area contributed by atoms with Crippen molar-refractivity contribution in [3.63, 3.8) is 0 Å². The van der Waals surface area contributed by atoms with E-state index in [4.69, 9.17) is 9.97 Å². The molecule has 2 saturated carbocycles. The zero-order chi connectivity index (χ0) is 20.5. The number of fused-ring (bicyclic) bond motifs is 1. The zero-order valence-corrected chi connectivity index (χ0v) is 17.4. The maximum absolute atomic E-state index is 12.7. The van der Waals surface area contributed by atoms with Crippen LogP contribution in [-0.4, -0.2) is 28.5 Å². The molecule has 0 aliphatic heterocycles. The van der Waals surface area contributed by atoms with Gasteiger partial charge in [0.2, 0.25) is 5.91 Å². The summed E-state index contributed by atoms with van der Waals surface area (Å²) in [5.74, 6) is 2.56. The minimum absolute atomic E-state index is 0.00873. The second-order valence-corrected chi connectivity index (χ2v) is 8.57. The van der Waals surface area contributed by atoms with Crippen LogP contribution in [0.15, 0.2) is 54.6 Å². The van der Waals surface area contributed by atoms with E-state index in [-0.39, 0.29) is 11.9 Å². The van der Waals surface area contributed by atoms with E-state index < -0.39 is 0 Å². The molecule has 5 heteroatoms. The first-order valence-electron chi connectivity index (χ1n) is 11.1. The van der Waals surface area contributed by atoms with Gasteiger partial charge in [0.15, 0.2) is 0 Å². The molecule has 0 radical (unpaired) electrons. The molecule has 5 rings (SSSR count). The maximum atomic E-state index is 12.7. The second kappa shape index (κ2) is 8.05. The van der Waals surface area contributed by atoms with E-state index in [1.807, 2.05) is 49.4 Å². The standard InChI is InChI=1S/C25H28N4O/c1-17(18-7-3-2-4-8-18)26-23(30)15-16-29(20-13-14-20)25-21-9-5-6-10-22(21)27-24(28-25)19-11-12-19/h2-10,17,19-20H,11-16H2,1H3,(H,26,30)/t17-/m0/s1. The van der Waals surface area contributed by atoms with Crippen LogP contribution in [0.4, 0.5) is 5.82 Å². The van der Waals surface area contributed by atoms with Gasteiger partial charge in [-0.1, -0.05) is 42.5 Å². The van der Waals surface area contributed by atoms with Crippen molar-refractivity contribution in [1.29, 1.82) is 0 Å². The first-order chi connectivity index (χ1) is 14.7. The minimum Gasteiger partial charge on any atom is -0.352 e. The molecule has 1 amide bonds. The third kappa shape index (κ3) is 4.16. The van der Waals surface area contributed by atoms with Gasteiger partial charge in [-0.15, -0.1) is 0 Å². The van der Waals surface area contributed by atoms with Gasteiger partial charge in [-0.2, -0.15) is 0 Å². The quantitative estimate of drug-likeness (QED) is 0.593. The van der Waals surface area contributed by atoms with Gasteiger partial charge in [0.1, 0.15) is 11.6 Å². The first kappa shape index (κ1) is 19.0. The first-order valence-corrected chi connectivity index (χ1v) is 11.1. The Morgan fingerprint density at radius 2 is 1.77 bits per heavy atom. The molecule has 1 atom stereocenters. The molecular formula is C25H28N4O. The van der Waals surface area contributed by atoms with Gasteiger partial charge in [-0.25, -0.2) is 9.97 Å². The fourth-order valence-corrected chi connectivity index (χ4v) is 4.03. The molecule has 2 aromatic carbocycles. The second-order valence-electron chi connectivity index (χ2n) is 8.57. The molecule has 0 unspecified atom stereocenters. The molecule has 2 aliphatic rings. The van der Waals surface area contributed by atoms with Gasteiger partial charge in [-0.05, 0) is 50.3 Å². The summed E-state index contributed by atoms with van der Waals surface area (Å²) in [5.41, 5.74) is 2.14. The number of anilines is 1. The summed E-state index contributed by atoms with van der Waals surface area (Å²) in [5, 5.41) is 4.23. The van der Waals surface area contributed by atoms with E-state index in [1.54, 1.807) is 0 Å². The number of benzene rings is 2. The highest BCUT2D eigenvalue weighted by Gasteiger charge is 2.33. The Kier molecular flexibility index (Phi) is 5.11. The lowest BCUT2D eigenvalue weighted by atomic mass is 10.1. The summed E-state index contributed by atoms with van der Waals surface area (Å²) in [6.07, 6.45) is 5.16. The molecule has 2 fully saturated rings. The van der Waals surface area contributed by atoms with Gasteiger partial charge < -0.3 is 10.2 Å². The summed E-state index contributed by atoms with van der Waals surface area (Å²) in [6.45, 7) is 2.72. The number of para-hydroxylation sites is 1. The number of hydrogen-bond donors (Lipinski definition) is 1. The third-order valence-electron chi connectivity index (χ3n) is 6.06. The fraction of sp³-hybridized carbons (Fsp3) is 0.400. The van der Waals surface area contributed by atoms with Crippen molar-refractivity contribution in [2.45, 2.75) is 57.0 Å². The van der Waals surface area contributed by atoms with E-state index in [0.717, 1.165) is 28.1 Å². The average Bonchev–Trinajstić information content (AvgIpc) is 3.67. The van der Waals surface area contributed by atoms with Gasteiger partial charge in [0.25, 0.3) is 0 Å². The summed E-state index contributed by atoms with van der Waals surface area (Å²) in [6, 6.07) is 18.9. The number of carbonyl (C=O) groups is 1. The lowest BCUT2D eigenvalue weighted by Crippen LogP contribution is -2.34.